The van der Waals surface area contributed by atoms with Gasteiger partial charge in [-0.3, -0.25) is 0 Å². The number of hydrogen-bond acceptors (Lipinski definition) is 2. The van der Waals surface area contributed by atoms with E-state index in [1.807, 2.05) is 0 Å². The van der Waals surface area contributed by atoms with Crippen molar-refractivity contribution in [3.05, 3.63) is 23.8 Å². The summed E-state index contributed by atoms with van der Waals surface area (Å²) < 4.78 is 8.65. The van der Waals surface area contributed by atoms with E-state index in [0.29, 0.717) is 17.1 Å². The molecule has 0 aliphatic rings. The minimum atomic E-state index is -1.57. The molecular weight excluding hydrogens is 294 g/mol. The fourth-order valence-corrected chi connectivity index (χ4v) is 1.71. The monoisotopic (exact) mass is 302 g/mol. The maximum atomic E-state index is 6.01. The van der Waals surface area contributed by atoms with Gasteiger partial charge in [0.15, 0.2) is 11.5 Å². The molecule has 1 atom stereocenters. The second kappa shape index (κ2) is 5.54. The second-order valence-corrected chi connectivity index (χ2v) is 5.82. The van der Waals surface area contributed by atoms with E-state index in [1.54, 1.807) is 25.3 Å². The van der Waals surface area contributed by atoms with Crippen molar-refractivity contribution in [1.82, 2.24) is 0 Å². The summed E-state index contributed by atoms with van der Waals surface area (Å²) in [7, 11) is 3.07. The van der Waals surface area contributed by atoms with Crippen LogP contribution in [0.5, 0.6) is 11.5 Å². The molecule has 0 aromatic heterocycles. The van der Waals surface area contributed by atoms with Crippen LogP contribution in [-0.4, -0.2) is 18.0 Å². The van der Waals surface area contributed by atoms with Crippen molar-refractivity contribution < 1.29 is 9.47 Å². The molecule has 0 aliphatic carbocycles. The van der Waals surface area contributed by atoms with E-state index in [2.05, 4.69) is 0 Å². The Kier molecular flexibility index (Phi) is 4.87. The van der Waals surface area contributed by atoms with Crippen LogP contribution in [0.1, 0.15) is 10.9 Å². The first kappa shape index (κ1) is 14.0. The largest absolute Gasteiger partial charge is 0.493 e. The molecule has 1 aromatic rings. The van der Waals surface area contributed by atoms with Crippen LogP contribution < -0.4 is 9.47 Å². The molecule has 1 rings (SSSR count). The summed E-state index contributed by atoms with van der Waals surface area (Å²) >= 11 is 23.2. The molecule has 1 aromatic carbocycles. The Morgan fingerprint density at radius 1 is 1.06 bits per heavy atom. The highest BCUT2D eigenvalue weighted by molar-refractivity contribution is 6.70. The van der Waals surface area contributed by atoms with Crippen LogP contribution >= 0.6 is 46.4 Å². The van der Waals surface area contributed by atoms with Gasteiger partial charge in [-0.1, -0.05) is 40.9 Å². The molecule has 0 N–H and O–H groups in total. The summed E-state index contributed by atoms with van der Waals surface area (Å²) in [6.07, 6.45) is 0. The van der Waals surface area contributed by atoms with Gasteiger partial charge in [-0.2, -0.15) is 0 Å². The van der Waals surface area contributed by atoms with Crippen LogP contribution in [0, 0.1) is 0 Å². The highest BCUT2D eigenvalue weighted by Gasteiger charge is 2.32. The van der Waals surface area contributed by atoms with Crippen LogP contribution in [0.4, 0.5) is 0 Å². The third-order valence-electron chi connectivity index (χ3n) is 1.99. The second-order valence-electron chi connectivity index (χ2n) is 3.02. The molecule has 6 heteroatoms. The van der Waals surface area contributed by atoms with Gasteiger partial charge >= 0.3 is 0 Å². The number of alkyl halides is 4. The number of benzene rings is 1. The molecule has 0 spiro atoms. The quantitative estimate of drug-likeness (QED) is 0.773. The van der Waals surface area contributed by atoms with Gasteiger partial charge in [0.1, 0.15) is 5.38 Å². The van der Waals surface area contributed by atoms with E-state index in [4.69, 9.17) is 55.9 Å². The molecule has 0 radical (unpaired) electrons. The first-order valence-electron chi connectivity index (χ1n) is 4.33. The number of halogens is 4. The minimum Gasteiger partial charge on any atom is -0.493 e. The average molecular weight is 304 g/mol. The molecule has 0 bridgehead atoms. The van der Waals surface area contributed by atoms with Crippen LogP contribution in [0.3, 0.4) is 0 Å². The highest BCUT2D eigenvalue weighted by atomic mass is 35.6. The number of hydrogen-bond donors (Lipinski definition) is 0. The average Bonchev–Trinajstić information content (AvgIpc) is 2.25. The third kappa shape index (κ3) is 3.24. The van der Waals surface area contributed by atoms with Crippen LogP contribution in [0.2, 0.25) is 0 Å². The van der Waals surface area contributed by atoms with Crippen LogP contribution in [0.25, 0.3) is 0 Å². The van der Waals surface area contributed by atoms with E-state index >= 15 is 0 Å². The summed E-state index contributed by atoms with van der Waals surface area (Å²) in [4.78, 5) is 0. The molecule has 0 unspecified atom stereocenters. The lowest BCUT2D eigenvalue weighted by Crippen LogP contribution is -2.11. The summed E-state index contributed by atoms with van der Waals surface area (Å²) in [6.45, 7) is 0. The van der Waals surface area contributed by atoms with Gasteiger partial charge in [0.25, 0.3) is 0 Å². The summed E-state index contributed by atoms with van der Waals surface area (Å²) in [5, 5.41) is -0.752. The lowest BCUT2D eigenvalue weighted by atomic mass is 10.1. The van der Waals surface area contributed by atoms with Gasteiger partial charge in [0.2, 0.25) is 3.79 Å². The van der Waals surface area contributed by atoms with Crippen molar-refractivity contribution in [2.24, 2.45) is 0 Å². The molecule has 0 saturated carbocycles. The molecule has 2 nitrogen and oxygen atoms in total. The number of rotatable bonds is 3. The van der Waals surface area contributed by atoms with E-state index < -0.39 is 9.17 Å². The Morgan fingerprint density at radius 3 is 2.06 bits per heavy atom. The van der Waals surface area contributed by atoms with Gasteiger partial charge < -0.3 is 9.47 Å². The maximum absolute atomic E-state index is 6.01. The molecule has 0 fully saturated rings. The van der Waals surface area contributed by atoms with Crippen molar-refractivity contribution in [3.63, 3.8) is 0 Å². The summed E-state index contributed by atoms with van der Waals surface area (Å²) in [5.41, 5.74) is 0.652. The Hall–Kier alpha value is -0.0200. The van der Waals surface area contributed by atoms with Gasteiger partial charge in [-0.25, -0.2) is 0 Å². The number of ether oxygens (including phenoxy) is 2. The topological polar surface area (TPSA) is 18.5 Å². The molecule has 90 valence electrons. The van der Waals surface area contributed by atoms with E-state index in [9.17, 15) is 0 Å². The zero-order valence-electron chi connectivity index (χ0n) is 8.64. The number of methoxy groups -OCH3 is 2. The molecule has 0 saturated heterocycles. The summed E-state index contributed by atoms with van der Waals surface area (Å²) in [6, 6.07) is 5.11. The lowest BCUT2D eigenvalue weighted by Gasteiger charge is -2.19. The molecule has 0 heterocycles. The summed E-state index contributed by atoms with van der Waals surface area (Å²) in [5.74, 6) is 1.14. The fourth-order valence-electron chi connectivity index (χ4n) is 1.20. The Bertz CT molecular complexity index is 362. The standard InChI is InChI=1S/C10H10Cl4O2/c1-15-7-4-3-6(5-8(7)16-2)9(11)10(12,13)14/h3-5,9H,1-2H3/t9-/m1/s1. The first-order chi connectivity index (χ1) is 7.40. The van der Waals surface area contributed by atoms with Crippen LogP contribution in [-0.2, 0) is 0 Å². The van der Waals surface area contributed by atoms with E-state index in [-0.39, 0.29) is 0 Å². The smallest absolute Gasteiger partial charge is 0.210 e. The Morgan fingerprint density at radius 2 is 1.62 bits per heavy atom. The van der Waals surface area contributed by atoms with Crippen molar-refractivity contribution >= 4 is 46.4 Å². The van der Waals surface area contributed by atoms with Gasteiger partial charge in [-0.15, -0.1) is 11.6 Å². The van der Waals surface area contributed by atoms with Crippen molar-refractivity contribution in [3.8, 4) is 11.5 Å². The lowest BCUT2D eigenvalue weighted by molar-refractivity contribution is 0.354. The minimum absolute atomic E-state index is 0.542. The van der Waals surface area contributed by atoms with E-state index in [0.717, 1.165) is 0 Å². The molecular formula is C10H10Cl4O2. The van der Waals surface area contributed by atoms with Gasteiger partial charge in [-0.05, 0) is 17.7 Å². The molecule has 0 amide bonds. The molecule has 16 heavy (non-hydrogen) atoms. The van der Waals surface area contributed by atoms with Gasteiger partial charge in [0.05, 0.1) is 14.2 Å². The maximum Gasteiger partial charge on any atom is 0.210 e. The zero-order chi connectivity index (χ0) is 12.3. The normalized spacial score (nSPS) is 13.4. The van der Waals surface area contributed by atoms with Crippen molar-refractivity contribution in [2.45, 2.75) is 9.17 Å². The van der Waals surface area contributed by atoms with Gasteiger partial charge in [0, 0.05) is 0 Å². The fraction of sp³-hybridized carbons (Fsp3) is 0.400. The zero-order valence-corrected chi connectivity index (χ0v) is 11.7. The predicted molar refractivity (Wildman–Crippen MR) is 68.4 cm³/mol. The van der Waals surface area contributed by atoms with E-state index in [1.165, 1.54) is 7.11 Å². The first-order valence-corrected chi connectivity index (χ1v) is 5.90. The molecule has 0 aliphatic heterocycles. The van der Waals surface area contributed by atoms with Crippen LogP contribution in [0.15, 0.2) is 18.2 Å². The predicted octanol–water partition coefficient (Wildman–Crippen LogP) is 4.35. The van der Waals surface area contributed by atoms with Crippen molar-refractivity contribution in [2.75, 3.05) is 14.2 Å². The Labute approximate surface area is 114 Å². The van der Waals surface area contributed by atoms with Crippen molar-refractivity contribution in [1.29, 1.82) is 0 Å². The SMILES string of the molecule is COc1ccc([C@@H](Cl)C(Cl)(Cl)Cl)cc1OC. The highest BCUT2D eigenvalue weighted by Crippen LogP contribution is 2.45. The third-order valence-corrected chi connectivity index (χ3v) is 3.56. The Balaban J connectivity index is 3.08.